The molecule has 0 unspecified atom stereocenters. The van der Waals surface area contributed by atoms with Crippen LogP contribution in [0, 0.1) is 6.92 Å². The Kier molecular flexibility index (Phi) is 5.07. The predicted octanol–water partition coefficient (Wildman–Crippen LogP) is 2.18. The summed E-state index contributed by atoms with van der Waals surface area (Å²) in [4.78, 5) is 11.1. The Balaban J connectivity index is 2.03. The Morgan fingerprint density at radius 3 is 2.80 bits per heavy atom. The van der Waals surface area contributed by atoms with E-state index in [1.165, 1.54) is 5.56 Å². The highest BCUT2D eigenvalue weighted by atomic mass is 15.2. The molecule has 0 aliphatic carbocycles. The number of hydrogen-bond donors (Lipinski definition) is 1. The molecule has 0 saturated heterocycles. The fraction of sp³-hybridized carbons (Fsp3) is 0.375. The molecule has 4 nitrogen and oxygen atoms in total. The van der Waals surface area contributed by atoms with Gasteiger partial charge in [-0.15, -0.1) is 0 Å². The smallest absolute Gasteiger partial charge is 0.128 e. The molecule has 2 aromatic heterocycles. The van der Waals surface area contributed by atoms with Gasteiger partial charge in [-0.25, -0.2) is 4.98 Å². The average molecular weight is 270 g/mol. The van der Waals surface area contributed by atoms with Crippen LogP contribution in [0.4, 0.5) is 5.82 Å². The SMILES string of the molecule is CNCc1cc(C)nc(N(C)CCc2ccccn2)c1. The van der Waals surface area contributed by atoms with Crippen molar-refractivity contribution in [1.29, 1.82) is 0 Å². The lowest BCUT2D eigenvalue weighted by Gasteiger charge is -2.19. The summed E-state index contributed by atoms with van der Waals surface area (Å²) in [7, 11) is 4.04. The molecule has 20 heavy (non-hydrogen) atoms. The first-order valence-electron chi connectivity index (χ1n) is 6.92. The largest absolute Gasteiger partial charge is 0.359 e. The highest BCUT2D eigenvalue weighted by Crippen LogP contribution is 2.14. The first-order valence-corrected chi connectivity index (χ1v) is 6.92. The minimum atomic E-state index is 0.866. The average Bonchev–Trinajstić information content (AvgIpc) is 2.45. The van der Waals surface area contributed by atoms with E-state index in [-0.39, 0.29) is 0 Å². The molecule has 0 fully saturated rings. The molecule has 2 heterocycles. The molecule has 2 aromatic rings. The van der Waals surface area contributed by atoms with E-state index in [1.54, 1.807) is 0 Å². The molecule has 0 amide bonds. The number of rotatable bonds is 6. The third-order valence-electron chi connectivity index (χ3n) is 3.20. The van der Waals surface area contributed by atoms with Crippen LogP contribution in [0.25, 0.3) is 0 Å². The highest BCUT2D eigenvalue weighted by molar-refractivity contribution is 5.42. The summed E-state index contributed by atoms with van der Waals surface area (Å²) in [6, 6.07) is 10.3. The standard InChI is InChI=1S/C16H22N4/c1-13-10-14(12-17-2)11-16(19-13)20(3)9-7-15-6-4-5-8-18-15/h4-6,8,10-11,17H,7,9,12H2,1-3H3. The van der Waals surface area contributed by atoms with Gasteiger partial charge in [-0.05, 0) is 43.8 Å². The van der Waals surface area contributed by atoms with Crippen LogP contribution in [0.3, 0.4) is 0 Å². The summed E-state index contributed by atoms with van der Waals surface area (Å²) in [6.45, 7) is 3.81. The van der Waals surface area contributed by atoms with Crippen LogP contribution < -0.4 is 10.2 Å². The lowest BCUT2D eigenvalue weighted by Crippen LogP contribution is -2.22. The maximum absolute atomic E-state index is 4.61. The van der Waals surface area contributed by atoms with Gasteiger partial charge in [-0.1, -0.05) is 6.07 Å². The van der Waals surface area contributed by atoms with Crippen molar-refractivity contribution in [1.82, 2.24) is 15.3 Å². The zero-order chi connectivity index (χ0) is 14.4. The molecular formula is C16H22N4. The highest BCUT2D eigenvalue weighted by Gasteiger charge is 2.06. The number of hydrogen-bond acceptors (Lipinski definition) is 4. The summed E-state index contributed by atoms with van der Waals surface area (Å²) >= 11 is 0. The van der Waals surface area contributed by atoms with E-state index in [4.69, 9.17) is 0 Å². The van der Waals surface area contributed by atoms with E-state index in [2.05, 4.69) is 45.4 Å². The third kappa shape index (κ3) is 4.03. The summed E-state index contributed by atoms with van der Waals surface area (Å²) < 4.78 is 0. The van der Waals surface area contributed by atoms with Gasteiger partial charge < -0.3 is 10.2 Å². The van der Waals surface area contributed by atoms with Crippen LogP contribution in [0.5, 0.6) is 0 Å². The summed E-state index contributed by atoms with van der Waals surface area (Å²) in [5.74, 6) is 1.02. The number of anilines is 1. The van der Waals surface area contributed by atoms with Gasteiger partial charge in [0.15, 0.2) is 0 Å². The Bertz CT molecular complexity index is 539. The molecule has 2 rings (SSSR count). The zero-order valence-electron chi connectivity index (χ0n) is 12.4. The molecule has 0 bridgehead atoms. The second kappa shape index (κ2) is 7.01. The molecule has 1 N–H and O–H groups in total. The Labute approximate surface area is 120 Å². The predicted molar refractivity (Wildman–Crippen MR) is 82.9 cm³/mol. The minimum Gasteiger partial charge on any atom is -0.359 e. The van der Waals surface area contributed by atoms with Crippen LogP contribution in [0.1, 0.15) is 17.0 Å². The normalized spacial score (nSPS) is 10.6. The van der Waals surface area contributed by atoms with Crippen molar-refractivity contribution in [3.05, 3.63) is 53.5 Å². The van der Waals surface area contributed by atoms with Gasteiger partial charge in [0.05, 0.1) is 0 Å². The fourth-order valence-electron chi connectivity index (χ4n) is 2.17. The van der Waals surface area contributed by atoms with Crippen LogP contribution in [-0.4, -0.2) is 30.6 Å². The number of nitrogens with zero attached hydrogens (tertiary/aromatic N) is 3. The maximum atomic E-state index is 4.61. The van der Waals surface area contributed by atoms with Crippen molar-refractivity contribution in [2.24, 2.45) is 0 Å². The van der Waals surface area contributed by atoms with Gasteiger partial charge in [0.2, 0.25) is 0 Å². The lowest BCUT2D eigenvalue weighted by molar-refractivity contribution is 0.803. The second-order valence-electron chi connectivity index (χ2n) is 5.00. The van der Waals surface area contributed by atoms with Crippen molar-refractivity contribution >= 4 is 5.82 Å². The molecule has 4 heteroatoms. The van der Waals surface area contributed by atoms with Gasteiger partial charge >= 0.3 is 0 Å². The number of aromatic nitrogens is 2. The summed E-state index contributed by atoms with van der Waals surface area (Å²) in [5.41, 5.74) is 3.43. The fourth-order valence-corrected chi connectivity index (χ4v) is 2.17. The second-order valence-corrected chi connectivity index (χ2v) is 5.00. The van der Waals surface area contributed by atoms with E-state index >= 15 is 0 Å². The van der Waals surface area contributed by atoms with E-state index in [0.29, 0.717) is 0 Å². The molecule has 0 aliphatic rings. The van der Waals surface area contributed by atoms with E-state index in [0.717, 1.165) is 36.7 Å². The Morgan fingerprint density at radius 2 is 2.10 bits per heavy atom. The van der Waals surface area contributed by atoms with Crippen molar-refractivity contribution in [3.63, 3.8) is 0 Å². The molecule has 0 radical (unpaired) electrons. The first kappa shape index (κ1) is 14.5. The minimum absolute atomic E-state index is 0.866. The Hall–Kier alpha value is -1.94. The summed E-state index contributed by atoms with van der Waals surface area (Å²) in [6.07, 6.45) is 2.76. The lowest BCUT2D eigenvalue weighted by atomic mass is 10.2. The molecule has 0 aliphatic heterocycles. The number of nitrogens with one attached hydrogen (secondary N) is 1. The van der Waals surface area contributed by atoms with Crippen molar-refractivity contribution in [2.75, 3.05) is 25.5 Å². The van der Waals surface area contributed by atoms with Crippen molar-refractivity contribution < 1.29 is 0 Å². The summed E-state index contributed by atoms with van der Waals surface area (Å²) in [5, 5.41) is 3.18. The van der Waals surface area contributed by atoms with E-state index < -0.39 is 0 Å². The molecule has 106 valence electrons. The van der Waals surface area contributed by atoms with Crippen molar-refractivity contribution in [3.8, 4) is 0 Å². The molecule has 0 aromatic carbocycles. The Morgan fingerprint density at radius 1 is 1.25 bits per heavy atom. The van der Waals surface area contributed by atoms with Gasteiger partial charge in [0, 0.05) is 44.1 Å². The quantitative estimate of drug-likeness (QED) is 0.873. The van der Waals surface area contributed by atoms with E-state index in [1.807, 2.05) is 32.3 Å². The molecular weight excluding hydrogens is 248 g/mol. The van der Waals surface area contributed by atoms with Crippen LogP contribution >= 0.6 is 0 Å². The van der Waals surface area contributed by atoms with Crippen LogP contribution in [-0.2, 0) is 13.0 Å². The first-order chi connectivity index (χ1) is 9.69. The molecule has 0 saturated carbocycles. The maximum Gasteiger partial charge on any atom is 0.128 e. The molecule has 0 atom stereocenters. The monoisotopic (exact) mass is 270 g/mol. The van der Waals surface area contributed by atoms with Gasteiger partial charge in [0.25, 0.3) is 0 Å². The molecule has 0 spiro atoms. The zero-order valence-corrected chi connectivity index (χ0v) is 12.4. The topological polar surface area (TPSA) is 41.1 Å². The van der Waals surface area contributed by atoms with Gasteiger partial charge in [-0.3, -0.25) is 4.98 Å². The van der Waals surface area contributed by atoms with E-state index in [9.17, 15) is 0 Å². The van der Waals surface area contributed by atoms with Crippen LogP contribution in [0.2, 0.25) is 0 Å². The third-order valence-corrected chi connectivity index (χ3v) is 3.20. The number of aryl methyl sites for hydroxylation is 1. The number of pyridine rings is 2. The van der Waals surface area contributed by atoms with Gasteiger partial charge in [0.1, 0.15) is 5.82 Å². The van der Waals surface area contributed by atoms with Crippen molar-refractivity contribution in [2.45, 2.75) is 19.9 Å². The van der Waals surface area contributed by atoms with Gasteiger partial charge in [-0.2, -0.15) is 0 Å². The number of likely N-dealkylation sites (N-methyl/N-ethyl adjacent to an activating group) is 1. The van der Waals surface area contributed by atoms with Crippen LogP contribution in [0.15, 0.2) is 36.5 Å².